The van der Waals surface area contributed by atoms with Crippen LogP contribution in [0.1, 0.15) is 6.42 Å². The van der Waals surface area contributed by atoms with Crippen LogP contribution >= 0.6 is 0 Å². The number of likely N-dealkylation sites (N-methyl/N-ethyl adjacent to an activating group) is 1. The largest absolute Gasteiger partial charge is 0.372 e. The van der Waals surface area contributed by atoms with Gasteiger partial charge in [-0.1, -0.05) is 18.7 Å². The Morgan fingerprint density at radius 1 is 1.00 bits per heavy atom. The second-order valence-electron chi connectivity index (χ2n) is 6.45. The first-order chi connectivity index (χ1) is 9.76. The molecule has 2 bridgehead atoms. The first-order valence-electron chi connectivity index (χ1n) is 7.94. The van der Waals surface area contributed by atoms with E-state index in [2.05, 4.69) is 45.4 Å². The summed E-state index contributed by atoms with van der Waals surface area (Å²) >= 11 is 0. The minimum atomic E-state index is 0.725. The molecule has 3 heterocycles. The van der Waals surface area contributed by atoms with E-state index in [1.54, 1.807) is 0 Å². The molecule has 0 aromatic heterocycles. The molecule has 3 aliphatic rings. The standard InChI is InChI=1S/C16H28N4/c1-3-19-13-16-12-15(19)14-20(16)7-5-4-6-18-10-8-17(2)9-11-18/h3-5,15-16H,1,6-14H2,2H3. The number of likely N-dealkylation sites (tertiary alicyclic amines) is 2. The Balaban J connectivity index is 1.36. The normalized spacial score (nSPS) is 32.5. The van der Waals surface area contributed by atoms with Crippen LogP contribution in [0.15, 0.2) is 24.9 Å². The van der Waals surface area contributed by atoms with Gasteiger partial charge in [-0.15, -0.1) is 0 Å². The van der Waals surface area contributed by atoms with E-state index < -0.39 is 0 Å². The number of rotatable bonds is 5. The van der Waals surface area contributed by atoms with Crippen molar-refractivity contribution in [3.8, 4) is 0 Å². The van der Waals surface area contributed by atoms with Crippen LogP contribution in [0.2, 0.25) is 0 Å². The van der Waals surface area contributed by atoms with Crippen LogP contribution in [0.5, 0.6) is 0 Å². The van der Waals surface area contributed by atoms with Crippen molar-refractivity contribution in [2.24, 2.45) is 0 Å². The summed E-state index contributed by atoms with van der Waals surface area (Å²) in [6.45, 7) is 13.4. The summed E-state index contributed by atoms with van der Waals surface area (Å²) in [6, 6.07) is 1.48. The second kappa shape index (κ2) is 6.29. The Kier molecular flexibility index (Phi) is 4.44. The molecule has 0 saturated carbocycles. The monoisotopic (exact) mass is 276 g/mol. The molecule has 0 N–H and O–H groups in total. The Hall–Kier alpha value is -0.840. The van der Waals surface area contributed by atoms with Gasteiger partial charge in [0.15, 0.2) is 0 Å². The fraction of sp³-hybridized carbons (Fsp3) is 0.750. The predicted octanol–water partition coefficient (Wildman–Crippen LogP) is 0.692. The molecule has 3 rings (SSSR count). The molecule has 0 aromatic rings. The van der Waals surface area contributed by atoms with Crippen molar-refractivity contribution >= 4 is 0 Å². The molecule has 0 spiro atoms. The van der Waals surface area contributed by atoms with Crippen LogP contribution in [0.25, 0.3) is 0 Å². The zero-order valence-electron chi connectivity index (χ0n) is 12.7. The van der Waals surface area contributed by atoms with Gasteiger partial charge < -0.3 is 9.80 Å². The highest BCUT2D eigenvalue weighted by Gasteiger charge is 2.40. The molecule has 0 aliphatic carbocycles. The van der Waals surface area contributed by atoms with Crippen LogP contribution in [-0.4, -0.2) is 91.1 Å². The van der Waals surface area contributed by atoms with Crippen molar-refractivity contribution < 1.29 is 0 Å². The van der Waals surface area contributed by atoms with Gasteiger partial charge in [-0.05, 0) is 19.7 Å². The van der Waals surface area contributed by atoms with Gasteiger partial charge in [0.05, 0.1) is 0 Å². The quantitative estimate of drug-likeness (QED) is 0.685. The molecule has 0 amide bonds. The fourth-order valence-electron chi connectivity index (χ4n) is 3.69. The van der Waals surface area contributed by atoms with Crippen molar-refractivity contribution in [2.75, 3.05) is 59.4 Å². The summed E-state index contributed by atoms with van der Waals surface area (Å²) in [6.07, 6.45) is 8.09. The Labute approximate surface area is 123 Å². The molecule has 4 heteroatoms. The smallest absolute Gasteiger partial charge is 0.0427 e. The van der Waals surface area contributed by atoms with Crippen LogP contribution in [0, 0.1) is 0 Å². The van der Waals surface area contributed by atoms with Gasteiger partial charge in [-0.25, -0.2) is 0 Å². The summed E-state index contributed by atoms with van der Waals surface area (Å²) < 4.78 is 0. The molecule has 112 valence electrons. The minimum absolute atomic E-state index is 0.725. The zero-order valence-corrected chi connectivity index (χ0v) is 12.7. The number of hydrogen-bond acceptors (Lipinski definition) is 4. The molecule has 2 unspecified atom stereocenters. The SMILES string of the molecule is C=CN1CC2CC1CN2CC=CCN1CCN(C)CC1. The van der Waals surface area contributed by atoms with Crippen LogP contribution in [0.3, 0.4) is 0 Å². The summed E-state index contributed by atoms with van der Waals surface area (Å²) in [5.41, 5.74) is 0. The molecule has 0 aromatic carbocycles. The fourth-order valence-corrected chi connectivity index (χ4v) is 3.69. The average Bonchev–Trinajstić information content (AvgIpc) is 3.05. The Morgan fingerprint density at radius 3 is 2.40 bits per heavy atom. The van der Waals surface area contributed by atoms with Gasteiger partial charge in [-0.2, -0.15) is 0 Å². The first kappa shape index (κ1) is 14.1. The first-order valence-corrected chi connectivity index (χ1v) is 7.94. The second-order valence-corrected chi connectivity index (χ2v) is 6.45. The van der Waals surface area contributed by atoms with Crippen molar-refractivity contribution in [1.29, 1.82) is 0 Å². The third-order valence-corrected chi connectivity index (χ3v) is 5.10. The summed E-state index contributed by atoms with van der Waals surface area (Å²) in [7, 11) is 2.21. The Morgan fingerprint density at radius 2 is 1.75 bits per heavy atom. The lowest BCUT2D eigenvalue weighted by Gasteiger charge is -2.33. The lowest BCUT2D eigenvalue weighted by Crippen LogP contribution is -2.44. The molecule has 3 fully saturated rings. The van der Waals surface area contributed by atoms with E-state index in [0.717, 1.165) is 25.2 Å². The highest BCUT2D eigenvalue weighted by molar-refractivity contribution is 5.04. The lowest BCUT2D eigenvalue weighted by atomic mass is 10.2. The van der Waals surface area contributed by atoms with E-state index in [4.69, 9.17) is 0 Å². The molecule has 2 atom stereocenters. The van der Waals surface area contributed by atoms with Crippen molar-refractivity contribution in [2.45, 2.75) is 18.5 Å². The van der Waals surface area contributed by atoms with E-state index in [9.17, 15) is 0 Å². The maximum Gasteiger partial charge on any atom is 0.0427 e. The third-order valence-electron chi connectivity index (χ3n) is 5.10. The predicted molar refractivity (Wildman–Crippen MR) is 83.7 cm³/mol. The van der Waals surface area contributed by atoms with Gasteiger partial charge >= 0.3 is 0 Å². The van der Waals surface area contributed by atoms with Gasteiger partial charge in [0.1, 0.15) is 0 Å². The zero-order chi connectivity index (χ0) is 13.9. The summed E-state index contributed by atoms with van der Waals surface area (Å²) in [5, 5.41) is 0. The molecule has 4 nitrogen and oxygen atoms in total. The molecule has 0 radical (unpaired) electrons. The van der Waals surface area contributed by atoms with E-state index in [0.29, 0.717) is 0 Å². The number of piperazine rings is 2. The van der Waals surface area contributed by atoms with Crippen molar-refractivity contribution in [3.63, 3.8) is 0 Å². The number of nitrogens with zero attached hydrogens (tertiary/aromatic N) is 4. The maximum atomic E-state index is 3.90. The van der Waals surface area contributed by atoms with Crippen LogP contribution < -0.4 is 0 Å². The summed E-state index contributed by atoms with van der Waals surface area (Å²) in [4.78, 5) is 10.00. The average molecular weight is 276 g/mol. The summed E-state index contributed by atoms with van der Waals surface area (Å²) in [5.74, 6) is 0. The van der Waals surface area contributed by atoms with Gasteiger partial charge in [-0.3, -0.25) is 9.80 Å². The highest BCUT2D eigenvalue weighted by atomic mass is 15.3. The molecule has 3 aliphatic heterocycles. The number of hydrogen-bond donors (Lipinski definition) is 0. The minimum Gasteiger partial charge on any atom is -0.372 e. The number of fused-ring (bicyclic) bond motifs is 2. The molecular formula is C16H28N4. The lowest BCUT2D eigenvalue weighted by molar-refractivity contribution is 0.165. The van der Waals surface area contributed by atoms with E-state index in [-0.39, 0.29) is 0 Å². The van der Waals surface area contributed by atoms with Gasteiger partial charge in [0.25, 0.3) is 0 Å². The van der Waals surface area contributed by atoms with Crippen molar-refractivity contribution in [1.82, 2.24) is 19.6 Å². The third kappa shape index (κ3) is 3.08. The molecular weight excluding hydrogens is 248 g/mol. The maximum absolute atomic E-state index is 3.90. The highest BCUT2D eigenvalue weighted by Crippen LogP contribution is 2.30. The topological polar surface area (TPSA) is 13.0 Å². The van der Waals surface area contributed by atoms with Crippen molar-refractivity contribution in [3.05, 3.63) is 24.9 Å². The van der Waals surface area contributed by atoms with Gasteiger partial charge in [0.2, 0.25) is 0 Å². The molecule has 3 saturated heterocycles. The van der Waals surface area contributed by atoms with Crippen LogP contribution in [0.4, 0.5) is 0 Å². The van der Waals surface area contributed by atoms with Crippen LogP contribution in [-0.2, 0) is 0 Å². The van der Waals surface area contributed by atoms with Gasteiger partial charge in [0, 0.05) is 64.4 Å². The van der Waals surface area contributed by atoms with E-state index in [1.807, 2.05) is 6.20 Å². The molecule has 20 heavy (non-hydrogen) atoms. The Bertz CT molecular complexity index is 359. The van der Waals surface area contributed by atoms with E-state index >= 15 is 0 Å². The van der Waals surface area contributed by atoms with E-state index in [1.165, 1.54) is 45.7 Å².